The minimum absolute atomic E-state index is 0.0521. The van der Waals surface area contributed by atoms with Gasteiger partial charge >= 0.3 is 11.9 Å². The number of ketones is 1. The van der Waals surface area contributed by atoms with E-state index in [0.717, 1.165) is 7.11 Å². The second-order valence-corrected chi connectivity index (χ2v) is 8.20. The molecule has 0 aliphatic carbocycles. The van der Waals surface area contributed by atoms with E-state index in [0.29, 0.717) is 18.5 Å². The molecule has 3 aromatic rings. The van der Waals surface area contributed by atoms with Crippen molar-refractivity contribution < 1.29 is 28.6 Å². The van der Waals surface area contributed by atoms with Crippen LogP contribution in [0.4, 0.5) is 0 Å². The Bertz CT molecular complexity index is 1310. The van der Waals surface area contributed by atoms with E-state index in [4.69, 9.17) is 14.2 Å². The van der Waals surface area contributed by atoms with Crippen LogP contribution in [0.25, 0.3) is 0 Å². The Morgan fingerprint density at radius 3 is 2.22 bits per heavy atom. The summed E-state index contributed by atoms with van der Waals surface area (Å²) in [5, 5.41) is 0. The molecule has 0 spiro atoms. The Labute approximate surface area is 206 Å². The average molecular weight is 492 g/mol. The number of likely N-dealkylation sites (tertiary alicyclic amines) is 1. The van der Waals surface area contributed by atoms with Crippen LogP contribution in [0.1, 0.15) is 49.5 Å². The van der Waals surface area contributed by atoms with E-state index >= 15 is 0 Å². The van der Waals surface area contributed by atoms with E-state index in [1.165, 1.54) is 12.1 Å². The van der Waals surface area contributed by atoms with Crippen molar-refractivity contribution in [3.05, 3.63) is 93.7 Å². The van der Waals surface area contributed by atoms with Crippen molar-refractivity contribution in [3.8, 4) is 5.75 Å². The average Bonchev–Trinajstić information content (AvgIpc) is 3.32. The molecule has 1 fully saturated rings. The summed E-state index contributed by atoms with van der Waals surface area (Å²) in [6.45, 7) is 0.471. The summed E-state index contributed by atoms with van der Waals surface area (Å²) >= 11 is 0. The summed E-state index contributed by atoms with van der Waals surface area (Å²) in [6.07, 6.45) is 0.201. The number of methoxy groups -OCH3 is 2. The highest BCUT2D eigenvalue weighted by atomic mass is 16.5. The first-order valence-electron chi connectivity index (χ1n) is 11.3. The maximum atomic E-state index is 13.0. The fourth-order valence-electron chi connectivity index (χ4n) is 4.08. The first kappa shape index (κ1) is 25.0. The van der Waals surface area contributed by atoms with Crippen LogP contribution < -0.4 is 10.3 Å². The Hall–Kier alpha value is -4.15. The fraction of sp³-hybridized carbons (Fsp3) is 0.269. The minimum atomic E-state index is -0.939. The number of H-pyrrole nitrogens is 1. The van der Waals surface area contributed by atoms with Crippen molar-refractivity contribution in [2.45, 2.75) is 18.6 Å². The normalized spacial score (nSPS) is 17.5. The van der Waals surface area contributed by atoms with Crippen molar-refractivity contribution in [1.82, 2.24) is 14.9 Å². The zero-order valence-electron chi connectivity index (χ0n) is 19.8. The van der Waals surface area contributed by atoms with E-state index < -0.39 is 35.0 Å². The predicted octanol–water partition coefficient (Wildman–Crippen LogP) is 2.42. The topological polar surface area (TPSA) is 128 Å². The van der Waals surface area contributed by atoms with E-state index in [9.17, 15) is 19.2 Å². The van der Waals surface area contributed by atoms with Gasteiger partial charge in [0.2, 0.25) is 5.75 Å². The van der Waals surface area contributed by atoms with Crippen LogP contribution in [0.5, 0.6) is 5.75 Å². The second kappa shape index (κ2) is 11.1. The quantitative estimate of drug-likeness (QED) is 0.373. The molecule has 1 N–H and O–H groups in total. The van der Waals surface area contributed by atoms with Gasteiger partial charge in [0, 0.05) is 19.2 Å². The van der Waals surface area contributed by atoms with Gasteiger partial charge in [-0.25, -0.2) is 14.6 Å². The highest BCUT2D eigenvalue weighted by Gasteiger charge is 2.37. The van der Waals surface area contributed by atoms with Crippen LogP contribution in [0.15, 0.2) is 65.5 Å². The van der Waals surface area contributed by atoms with E-state index in [-0.39, 0.29) is 29.8 Å². The van der Waals surface area contributed by atoms with E-state index in [1.807, 2.05) is 11.0 Å². The molecule has 0 bridgehead atoms. The van der Waals surface area contributed by atoms with Crippen molar-refractivity contribution in [3.63, 3.8) is 0 Å². The molecule has 0 unspecified atom stereocenters. The zero-order valence-corrected chi connectivity index (χ0v) is 19.8. The lowest BCUT2D eigenvalue weighted by Gasteiger charge is -2.23. The standard InChI is InChI=1S/C26H25N3O7/c1-34-18-13-19(29(14-18)15-20(30)16-9-5-3-6-10-16)23-27-21(26(33)35-2)22(24(31)28-23)36-25(32)17-11-7-4-8-12-17/h3-12,18-19H,13-15H2,1-2H3,(H,27,28,31)/t18-,19+/m1/s1. The summed E-state index contributed by atoms with van der Waals surface area (Å²) in [5.41, 5.74) is -0.506. The molecule has 10 nitrogen and oxygen atoms in total. The van der Waals surface area contributed by atoms with Crippen LogP contribution in [0, 0.1) is 0 Å². The number of aromatic nitrogens is 2. The number of carbonyl (C=O) groups excluding carboxylic acids is 3. The first-order chi connectivity index (χ1) is 17.4. The number of nitrogens with one attached hydrogen (secondary N) is 1. The Morgan fingerprint density at radius 1 is 0.972 bits per heavy atom. The molecule has 2 heterocycles. The van der Waals surface area contributed by atoms with Crippen molar-refractivity contribution in [2.24, 2.45) is 0 Å². The molecule has 0 radical (unpaired) electrons. The number of Topliss-reactive ketones (excluding diaryl/α,β-unsaturated/α-hetero) is 1. The molecular weight excluding hydrogens is 466 g/mol. The summed E-state index contributed by atoms with van der Waals surface area (Å²) in [7, 11) is 2.70. The number of hydrogen-bond donors (Lipinski definition) is 1. The molecule has 186 valence electrons. The molecule has 10 heteroatoms. The molecule has 4 rings (SSSR count). The molecule has 0 amide bonds. The number of esters is 2. The molecule has 0 saturated carbocycles. The van der Waals surface area contributed by atoms with E-state index in [2.05, 4.69) is 9.97 Å². The molecule has 1 aromatic heterocycles. The number of hydrogen-bond acceptors (Lipinski definition) is 9. The summed E-state index contributed by atoms with van der Waals surface area (Å²) in [6, 6.07) is 16.4. The van der Waals surface area contributed by atoms with Crippen molar-refractivity contribution >= 4 is 17.7 Å². The SMILES string of the molecule is COC(=O)c1nc([C@@H]2C[C@@H](OC)CN2CC(=O)c2ccccc2)[nH]c(=O)c1OC(=O)c1ccccc1. The van der Waals surface area contributed by atoms with Gasteiger partial charge in [0.1, 0.15) is 5.82 Å². The monoisotopic (exact) mass is 491 g/mol. The fourth-order valence-corrected chi connectivity index (χ4v) is 4.08. The lowest BCUT2D eigenvalue weighted by molar-refractivity contribution is 0.0582. The number of ether oxygens (including phenoxy) is 3. The number of rotatable bonds is 8. The molecule has 2 atom stereocenters. The molecule has 2 aromatic carbocycles. The predicted molar refractivity (Wildman–Crippen MR) is 128 cm³/mol. The maximum Gasteiger partial charge on any atom is 0.360 e. The Balaban J connectivity index is 1.66. The van der Waals surface area contributed by atoms with Crippen molar-refractivity contribution in [2.75, 3.05) is 27.3 Å². The summed E-state index contributed by atoms with van der Waals surface area (Å²) < 4.78 is 15.5. The van der Waals surface area contributed by atoms with Crippen LogP contribution in [-0.4, -0.2) is 66.0 Å². The van der Waals surface area contributed by atoms with Gasteiger partial charge in [0.15, 0.2) is 11.5 Å². The van der Waals surface area contributed by atoms with Crippen molar-refractivity contribution in [1.29, 1.82) is 0 Å². The number of aromatic amines is 1. The Morgan fingerprint density at radius 2 is 1.61 bits per heavy atom. The van der Waals surface area contributed by atoms with E-state index in [1.54, 1.807) is 49.6 Å². The van der Waals surface area contributed by atoms with Crippen LogP contribution in [0.2, 0.25) is 0 Å². The van der Waals surface area contributed by atoms with Crippen LogP contribution >= 0.6 is 0 Å². The number of carbonyl (C=O) groups is 3. The Kier molecular flexibility index (Phi) is 7.67. The first-order valence-corrected chi connectivity index (χ1v) is 11.3. The van der Waals surface area contributed by atoms with Gasteiger partial charge in [-0.2, -0.15) is 0 Å². The molecule has 36 heavy (non-hydrogen) atoms. The zero-order chi connectivity index (χ0) is 25.7. The molecule has 1 aliphatic heterocycles. The van der Waals surface area contributed by atoms with Gasteiger partial charge in [0.05, 0.1) is 31.4 Å². The second-order valence-electron chi connectivity index (χ2n) is 8.20. The number of benzene rings is 2. The van der Waals surface area contributed by atoms with Crippen LogP contribution in [0.3, 0.4) is 0 Å². The summed E-state index contributed by atoms with van der Waals surface area (Å²) in [5.74, 6) is -2.29. The third-order valence-corrected chi connectivity index (χ3v) is 5.93. The lowest BCUT2D eigenvalue weighted by atomic mass is 10.1. The number of nitrogens with zero attached hydrogens (tertiary/aromatic N) is 2. The van der Waals surface area contributed by atoms with Gasteiger partial charge in [-0.3, -0.25) is 14.5 Å². The lowest BCUT2D eigenvalue weighted by Crippen LogP contribution is -2.33. The smallest absolute Gasteiger partial charge is 0.360 e. The molecule has 1 saturated heterocycles. The largest absolute Gasteiger partial charge is 0.464 e. The third-order valence-electron chi connectivity index (χ3n) is 5.93. The van der Waals surface area contributed by atoms with Gasteiger partial charge in [-0.1, -0.05) is 48.5 Å². The summed E-state index contributed by atoms with van der Waals surface area (Å²) in [4.78, 5) is 59.7. The van der Waals surface area contributed by atoms with Crippen LogP contribution in [-0.2, 0) is 9.47 Å². The molecular formula is C26H25N3O7. The molecule has 1 aliphatic rings. The van der Waals surface area contributed by atoms with Gasteiger partial charge < -0.3 is 19.2 Å². The van der Waals surface area contributed by atoms with Gasteiger partial charge in [0.25, 0.3) is 5.56 Å². The highest BCUT2D eigenvalue weighted by Crippen LogP contribution is 2.32. The van der Waals surface area contributed by atoms with Gasteiger partial charge in [-0.15, -0.1) is 0 Å². The van der Waals surface area contributed by atoms with Gasteiger partial charge in [-0.05, 0) is 18.6 Å². The maximum absolute atomic E-state index is 13.0. The minimum Gasteiger partial charge on any atom is -0.464 e. The third kappa shape index (κ3) is 5.40. The highest BCUT2D eigenvalue weighted by molar-refractivity contribution is 5.97.